The minimum absolute atomic E-state index is 0.263. The van der Waals surface area contributed by atoms with Crippen LogP contribution in [0, 0.1) is 12.3 Å². The lowest BCUT2D eigenvalue weighted by molar-refractivity contribution is -0.603. The van der Waals surface area contributed by atoms with Gasteiger partial charge in [0.2, 0.25) is 5.82 Å². The normalized spacial score (nSPS) is 10.7. The van der Waals surface area contributed by atoms with E-state index in [1.807, 2.05) is 43.3 Å². The Morgan fingerprint density at radius 3 is 2.95 bits per heavy atom. The van der Waals surface area contributed by atoms with Gasteiger partial charge >= 0.3 is 5.17 Å². The van der Waals surface area contributed by atoms with E-state index in [0.717, 1.165) is 21.5 Å². The van der Waals surface area contributed by atoms with Crippen molar-refractivity contribution in [1.82, 2.24) is 10.1 Å². The van der Waals surface area contributed by atoms with Crippen LogP contribution in [0.3, 0.4) is 0 Å². The summed E-state index contributed by atoms with van der Waals surface area (Å²) in [7, 11) is 0. The largest absolute Gasteiger partial charge is 0.320 e. The van der Waals surface area contributed by atoms with Crippen LogP contribution in [0.5, 0.6) is 0 Å². The molecule has 3 aromatic rings. The molecular weight excluding hydrogens is 282 g/mol. The molecule has 0 aliphatic rings. The summed E-state index contributed by atoms with van der Waals surface area (Å²) in [5.41, 5.74) is 7.63. The van der Waals surface area contributed by atoms with Crippen LogP contribution in [0.4, 0.5) is 5.82 Å². The van der Waals surface area contributed by atoms with Gasteiger partial charge in [0.05, 0.1) is 11.2 Å². The van der Waals surface area contributed by atoms with Gasteiger partial charge in [0, 0.05) is 22.5 Å². The number of nitrogens with two attached hydrogens (primary N) is 1. The van der Waals surface area contributed by atoms with Crippen molar-refractivity contribution in [3.05, 3.63) is 54.4 Å². The number of nitrogens with one attached hydrogen (secondary N) is 1. The van der Waals surface area contributed by atoms with Crippen LogP contribution in [0.15, 0.2) is 53.6 Å². The summed E-state index contributed by atoms with van der Waals surface area (Å²) >= 11 is 1.31. The number of thioether (sulfide) groups is 1. The molecule has 0 saturated heterocycles. The zero-order chi connectivity index (χ0) is 14.8. The van der Waals surface area contributed by atoms with Crippen molar-refractivity contribution >= 4 is 33.7 Å². The van der Waals surface area contributed by atoms with E-state index in [-0.39, 0.29) is 5.17 Å². The minimum atomic E-state index is 0.263. The highest BCUT2D eigenvalue weighted by atomic mass is 32.2. The molecule has 104 valence electrons. The third kappa shape index (κ3) is 2.85. The summed E-state index contributed by atoms with van der Waals surface area (Å²) in [4.78, 5) is 5.24. The average Bonchev–Trinajstić information content (AvgIpc) is 2.49. The summed E-state index contributed by atoms with van der Waals surface area (Å²) in [5.74, 6) is 0.445. The Bertz CT molecular complexity index is 831. The molecule has 3 N–H and O–H groups in total. The van der Waals surface area contributed by atoms with E-state index in [4.69, 9.17) is 11.1 Å². The Kier molecular flexibility index (Phi) is 3.53. The Labute approximate surface area is 126 Å². The Morgan fingerprint density at radius 1 is 1.24 bits per heavy atom. The number of pyridine rings is 1. The molecule has 0 saturated carbocycles. The number of hydrogen-bond donors (Lipinski definition) is 2. The summed E-state index contributed by atoms with van der Waals surface area (Å²) in [6, 6.07) is 13.4. The molecule has 0 bridgehead atoms. The van der Waals surface area contributed by atoms with E-state index in [1.165, 1.54) is 16.4 Å². The molecule has 0 unspecified atom stereocenters. The molecule has 2 heterocycles. The highest BCUT2D eigenvalue weighted by molar-refractivity contribution is 8.13. The first-order valence-electron chi connectivity index (χ1n) is 6.40. The maximum absolute atomic E-state index is 8.18. The lowest BCUT2D eigenvalue weighted by Crippen LogP contribution is -2.47. The molecule has 5 nitrogen and oxygen atoms in total. The smallest absolute Gasteiger partial charge is 0.317 e. The first kappa shape index (κ1) is 13.5. The summed E-state index contributed by atoms with van der Waals surface area (Å²) in [6.07, 6.45) is 1.77. The van der Waals surface area contributed by atoms with Gasteiger partial charge in [-0.15, -0.1) is 5.10 Å². The second-order valence-corrected chi connectivity index (χ2v) is 5.64. The third-order valence-corrected chi connectivity index (χ3v) is 3.83. The van der Waals surface area contributed by atoms with E-state index in [0.29, 0.717) is 5.82 Å². The molecule has 0 aliphatic heterocycles. The van der Waals surface area contributed by atoms with Gasteiger partial charge in [-0.05, 0) is 49.0 Å². The van der Waals surface area contributed by atoms with Crippen LogP contribution >= 0.6 is 11.8 Å². The fraction of sp³-hybridized carbons (Fsp3) is 0.0667. The molecule has 0 atom stereocenters. The Balaban J connectivity index is 1.90. The van der Waals surface area contributed by atoms with Crippen LogP contribution in [0.1, 0.15) is 5.69 Å². The van der Waals surface area contributed by atoms with E-state index in [9.17, 15) is 0 Å². The van der Waals surface area contributed by atoms with Gasteiger partial charge in [0.25, 0.3) is 0 Å². The molecule has 3 rings (SSSR count). The molecular formula is C15H14N5S+. The van der Waals surface area contributed by atoms with Crippen LogP contribution < -0.4 is 10.4 Å². The van der Waals surface area contributed by atoms with Crippen LogP contribution in [-0.4, -0.2) is 15.3 Å². The van der Waals surface area contributed by atoms with Crippen molar-refractivity contribution in [2.75, 3.05) is 5.73 Å². The number of rotatable bonds is 1. The van der Waals surface area contributed by atoms with Crippen molar-refractivity contribution in [2.24, 2.45) is 0 Å². The molecule has 1 aromatic carbocycles. The maximum atomic E-state index is 8.18. The van der Waals surface area contributed by atoms with Gasteiger partial charge in [0.1, 0.15) is 0 Å². The predicted molar refractivity (Wildman–Crippen MR) is 84.3 cm³/mol. The molecule has 0 aliphatic carbocycles. The maximum Gasteiger partial charge on any atom is 0.320 e. The van der Waals surface area contributed by atoms with E-state index < -0.39 is 0 Å². The molecule has 0 fully saturated rings. The highest BCUT2D eigenvalue weighted by Crippen LogP contribution is 2.22. The summed E-state index contributed by atoms with van der Waals surface area (Å²) < 4.78 is 1.44. The quantitative estimate of drug-likeness (QED) is 0.313. The van der Waals surface area contributed by atoms with Gasteiger partial charge < -0.3 is 5.73 Å². The highest BCUT2D eigenvalue weighted by Gasteiger charge is 2.14. The first-order valence-corrected chi connectivity index (χ1v) is 7.22. The van der Waals surface area contributed by atoms with E-state index >= 15 is 0 Å². The Hall–Kier alpha value is -2.47. The molecule has 0 amide bonds. The zero-order valence-electron chi connectivity index (χ0n) is 11.4. The minimum Gasteiger partial charge on any atom is -0.317 e. The number of fused-ring (bicyclic) bond motifs is 1. The first-order chi connectivity index (χ1) is 10.1. The lowest BCUT2D eigenvalue weighted by atomic mass is 10.2. The number of hydrogen-bond acceptors (Lipinski definition) is 5. The van der Waals surface area contributed by atoms with Crippen LogP contribution in [0.25, 0.3) is 10.9 Å². The molecule has 21 heavy (non-hydrogen) atoms. The second kappa shape index (κ2) is 5.49. The average molecular weight is 296 g/mol. The number of aryl methyl sites for hydroxylation is 1. The fourth-order valence-electron chi connectivity index (χ4n) is 1.96. The van der Waals surface area contributed by atoms with Crippen molar-refractivity contribution in [3.63, 3.8) is 0 Å². The van der Waals surface area contributed by atoms with Crippen LogP contribution in [0.2, 0.25) is 0 Å². The van der Waals surface area contributed by atoms with E-state index in [2.05, 4.69) is 10.1 Å². The second-order valence-electron chi connectivity index (χ2n) is 4.58. The predicted octanol–water partition coefficient (Wildman–Crippen LogP) is 2.38. The van der Waals surface area contributed by atoms with Crippen molar-refractivity contribution in [2.45, 2.75) is 11.8 Å². The standard InChI is InChI=1S/C15H13N5S/c1-10-4-7-14(16)20(19-10)15(17)21-12-5-6-13-11(9-12)3-2-8-18-13/h2-9,16-17H,1H3/p+1. The fourth-order valence-corrected chi connectivity index (χ4v) is 2.74. The number of aromatic nitrogens is 3. The van der Waals surface area contributed by atoms with Gasteiger partial charge in [-0.3, -0.25) is 4.98 Å². The number of nitrogen functional groups attached to an aromatic ring is 1. The zero-order valence-corrected chi connectivity index (χ0v) is 12.3. The van der Waals surface area contributed by atoms with Crippen molar-refractivity contribution < 1.29 is 4.68 Å². The Morgan fingerprint density at radius 2 is 2.10 bits per heavy atom. The van der Waals surface area contributed by atoms with Gasteiger partial charge in [-0.2, -0.15) is 5.41 Å². The number of benzene rings is 1. The monoisotopic (exact) mass is 296 g/mol. The molecule has 0 radical (unpaired) electrons. The van der Waals surface area contributed by atoms with Gasteiger partial charge in [-0.25, -0.2) is 0 Å². The lowest BCUT2D eigenvalue weighted by Gasteiger charge is -2.04. The summed E-state index contributed by atoms with van der Waals surface area (Å²) in [6.45, 7) is 1.87. The van der Waals surface area contributed by atoms with Crippen molar-refractivity contribution in [1.29, 1.82) is 5.41 Å². The molecule has 0 spiro atoms. The third-order valence-electron chi connectivity index (χ3n) is 2.98. The number of nitrogens with zero attached hydrogens (tertiary/aromatic N) is 3. The van der Waals surface area contributed by atoms with Gasteiger partial charge in [0.15, 0.2) is 0 Å². The number of anilines is 1. The van der Waals surface area contributed by atoms with Crippen LogP contribution in [-0.2, 0) is 0 Å². The van der Waals surface area contributed by atoms with E-state index in [1.54, 1.807) is 12.3 Å². The summed E-state index contributed by atoms with van der Waals surface area (Å²) in [5, 5.41) is 13.8. The SMILES string of the molecule is Cc1ccc(N)[n+](C(=N)Sc2ccc3ncccc3c2)n1. The molecule has 6 heteroatoms. The molecule has 2 aromatic heterocycles. The van der Waals surface area contributed by atoms with Crippen molar-refractivity contribution in [3.8, 4) is 0 Å². The topological polar surface area (TPSA) is 79.5 Å². The van der Waals surface area contributed by atoms with Gasteiger partial charge in [-0.1, -0.05) is 10.7 Å².